The van der Waals surface area contributed by atoms with E-state index in [4.69, 9.17) is 0 Å². The van der Waals surface area contributed by atoms with Gasteiger partial charge in [0.15, 0.2) is 0 Å². The summed E-state index contributed by atoms with van der Waals surface area (Å²) in [6.07, 6.45) is 0.490. The van der Waals surface area contributed by atoms with Crippen molar-refractivity contribution in [3.8, 4) is 0 Å². The number of rotatable bonds is 6. The minimum Gasteiger partial charge on any atom is -0.283 e. The molecule has 4 rings (SSSR count). The molecule has 0 saturated heterocycles. The predicted octanol–water partition coefficient (Wildman–Crippen LogP) is 5.61. The van der Waals surface area contributed by atoms with Crippen LogP contribution in [0.1, 0.15) is 5.56 Å². The summed E-state index contributed by atoms with van der Waals surface area (Å²) in [5, 5.41) is 3.91. The molecule has 4 aromatic carbocycles. The lowest BCUT2D eigenvalue weighted by atomic mass is 10.2. The maximum atomic E-state index is 13.4. The topological polar surface area (TPSA) is 17.1 Å². The van der Waals surface area contributed by atoms with Gasteiger partial charge in [-0.15, -0.1) is 0 Å². The van der Waals surface area contributed by atoms with Crippen LogP contribution in [-0.4, -0.2) is 11.3 Å². The van der Waals surface area contributed by atoms with Gasteiger partial charge >= 0.3 is 0 Å². The second-order valence-electron chi connectivity index (χ2n) is 7.26. The number of aryl methyl sites for hydroxylation is 1. The molecule has 0 radical (unpaired) electrons. The average Bonchev–Trinajstić information content (AvgIpc) is 2.81. The first-order chi connectivity index (χ1) is 14.7. The number of carbonyl (C=O) groups is 1. The summed E-state index contributed by atoms with van der Waals surface area (Å²) in [5.74, 6) is 0. The van der Waals surface area contributed by atoms with Gasteiger partial charge in [-0.3, -0.25) is 4.79 Å². The van der Waals surface area contributed by atoms with E-state index in [1.54, 1.807) is 0 Å². The van der Waals surface area contributed by atoms with Crippen molar-refractivity contribution in [1.29, 1.82) is 0 Å². The van der Waals surface area contributed by atoms with Crippen molar-refractivity contribution in [3.63, 3.8) is 0 Å². The fourth-order valence-electron chi connectivity index (χ4n) is 3.73. The van der Waals surface area contributed by atoms with E-state index in [0.717, 1.165) is 4.90 Å². The highest BCUT2D eigenvalue weighted by Gasteiger charge is 2.47. The minimum atomic E-state index is -2.13. The summed E-state index contributed by atoms with van der Waals surface area (Å²) in [6.45, 7) is 2.06. The molecular weight excluding hydrogens is 403 g/mol. The highest BCUT2D eigenvalue weighted by atomic mass is 32.2. The highest BCUT2D eigenvalue weighted by Crippen LogP contribution is 2.56. The third kappa shape index (κ3) is 4.41. The van der Waals surface area contributed by atoms with Gasteiger partial charge in [0, 0.05) is 4.90 Å². The number of carbonyl (C=O) groups excluding carboxylic acids is 1. The van der Waals surface area contributed by atoms with Gasteiger partial charge in [-0.05, 0) is 67.2 Å². The van der Waals surface area contributed by atoms with Gasteiger partial charge < -0.3 is 0 Å². The first kappa shape index (κ1) is 20.6. The zero-order valence-corrected chi connectivity index (χ0v) is 18.7. The van der Waals surface area contributed by atoms with Crippen LogP contribution in [0.3, 0.4) is 0 Å². The summed E-state index contributed by atoms with van der Waals surface area (Å²) >= 11 is 1.35. The van der Waals surface area contributed by atoms with Crippen molar-refractivity contribution in [2.45, 2.75) is 11.8 Å². The largest absolute Gasteiger partial charge is 0.283 e. The number of hydrogen-bond acceptors (Lipinski definition) is 2. The minimum absolute atomic E-state index is 0.198. The van der Waals surface area contributed by atoms with E-state index in [0.29, 0.717) is 6.16 Å². The van der Waals surface area contributed by atoms with Gasteiger partial charge in [-0.25, -0.2) is 0 Å². The van der Waals surface area contributed by atoms with Crippen molar-refractivity contribution in [1.82, 2.24) is 0 Å². The monoisotopic (exact) mass is 427 g/mol. The van der Waals surface area contributed by atoms with Crippen LogP contribution in [0.15, 0.2) is 120 Å². The summed E-state index contributed by atoms with van der Waals surface area (Å²) in [5.41, 5.74) is 1.20. The molecule has 148 valence electrons. The van der Waals surface area contributed by atoms with Crippen molar-refractivity contribution in [2.75, 3.05) is 6.16 Å². The Morgan fingerprint density at radius 2 is 1.03 bits per heavy atom. The van der Waals surface area contributed by atoms with Gasteiger partial charge in [-0.1, -0.05) is 72.3 Å². The standard InChI is InChI=1S/C27H24OPS/c1-22-17-19-26(20-18-22)30-27(28)21-29(23-11-5-2-6-12-23,24-13-7-3-8-14-24)25-15-9-4-10-16-25/h2-20H,21H2,1H3/q+1. The molecule has 0 aliphatic carbocycles. The molecule has 30 heavy (non-hydrogen) atoms. The van der Waals surface area contributed by atoms with E-state index < -0.39 is 7.26 Å². The Morgan fingerprint density at radius 3 is 1.43 bits per heavy atom. The fraction of sp³-hybridized carbons (Fsp3) is 0.0741. The van der Waals surface area contributed by atoms with Gasteiger partial charge in [0.1, 0.15) is 29.3 Å². The Morgan fingerprint density at radius 1 is 0.633 bits per heavy atom. The summed E-state index contributed by atoms with van der Waals surface area (Å²) in [7, 11) is -2.13. The van der Waals surface area contributed by atoms with Crippen LogP contribution >= 0.6 is 19.0 Å². The van der Waals surface area contributed by atoms with Crippen LogP contribution in [0.5, 0.6) is 0 Å². The van der Waals surface area contributed by atoms with Gasteiger partial charge in [-0.2, -0.15) is 0 Å². The van der Waals surface area contributed by atoms with Crippen LogP contribution in [-0.2, 0) is 4.79 Å². The molecule has 0 bridgehead atoms. The zero-order valence-electron chi connectivity index (χ0n) is 16.9. The van der Waals surface area contributed by atoms with E-state index in [9.17, 15) is 4.79 Å². The number of benzene rings is 4. The van der Waals surface area contributed by atoms with Crippen molar-refractivity contribution in [2.24, 2.45) is 0 Å². The lowest BCUT2D eigenvalue weighted by molar-refractivity contribution is -0.108. The third-order valence-electron chi connectivity index (χ3n) is 5.21. The Labute approximate surface area is 183 Å². The molecule has 3 heteroatoms. The second kappa shape index (κ2) is 9.43. The van der Waals surface area contributed by atoms with E-state index in [-0.39, 0.29) is 5.12 Å². The molecule has 0 saturated carbocycles. The molecule has 0 amide bonds. The Kier molecular flexibility index (Phi) is 6.47. The Bertz CT molecular complexity index is 997. The number of hydrogen-bond donors (Lipinski definition) is 0. The zero-order chi connectivity index (χ0) is 20.8. The van der Waals surface area contributed by atoms with E-state index in [1.807, 2.05) is 30.3 Å². The summed E-state index contributed by atoms with van der Waals surface area (Å²) in [4.78, 5) is 14.4. The second-order valence-corrected chi connectivity index (χ2v) is 11.9. The van der Waals surface area contributed by atoms with Crippen molar-refractivity contribution >= 4 is 40.1 Å². The lowest BCUT2D eigenvalue weighted by Crippen LogP contribution is -2.35. The van der Waals surface area contributed by atoms with Gasteiger partial charge in [0.25, 0.3) is 0 Å². The maximum absolute atomic E-state index is 13.4. The summed E-state index contributed by atoms with van der Waals surface area (Å²) in [6, 6.07) is 39.8. The van der Waals surface area contributed by atoms with Gasteiger partial charge in [0.2, 0.25) is 5.12 Å². The Balaban J connectivity index is 1.82. The van der Waals surface area contributed by atoms with E-state index in [2.05, 4.69) is 91.9 Å². The first-order valence-electron chi connectivity index (χ1n) is 10.0. The quantitative estimate of drug-likeness (QED) is 0.294. The molecule has 0 fully saturated rings. The molecular formula is C27H24OPS+. The average molecular weight is 428 g/mol. The highest BCUT2D eigenvalue weighted by molar-refractivity contribution is 8.15. The first-order valence-corrected chi connectivity index (χ1v) is 12.8. The fourth-order valence-corrected chi connectivity index (χ4v) is 8.98. The van der Waals surface area contributed by atoms with Crippen molar-refractivity contribution in [3.05, 3.63) is 121 Å². The van der Waals surface area contributed by atoms with E-state index in [1.165, 1.54) is 33.2 Å². The molecule has 0 N–H and O–H groups in total. The summed E-state index contributed by atoms with van der Waals surface area (Å²) < 4.78 is 0. The van der Waals surface area contributed by atoms with E-state index >= 15 is 0 Å². The van der Waals surface area contributed by atoms with Crippen molar-refractivity contribution < 1.29 is 4.79 Å². The molecule has 0 aliphatic heterocycles. The third-order valence-corrected chi connectivity index (χ3v) is 10.6. The normalized spacial score (nSPS) is 11.2. The number of thioether (sulfide) groups is 1. The van der Waals surface area contributed by atoms with Crippen LogP contribution in [0.25, 0.3) is 0 Å². The van der Waals surface area contributed by atoms with Crippen LogP contribution in [0.4, 0.5) is 0 Å². The molecule has 0 unspecified atom stereocenters. The van der Waals surface area contributed by atoms with Gasteiger partial charge in [0.05, 0.1) is 0 Å². The predicted molar refractivity (Wildman–Crippen MR) is 132 cm³/mol. The maximum Gasteiger partial charge on any atom is 0.231 e. The Hall–Kier alpha value is -2.67. The SMILES string of the molecule is Cc1ccc(SC(=O)C[P+](c2ccccc2)(c2ccccc2)c2ccccc2)cc1. The van der Waals surface area contributed by atoms with Crippen LogP contribution in [0, 0.1) is 6.92 Å². The molecule has 0 aromatic heterocycles. The molecule has 1 nitrogen and oxygen atoms in total. The molecule has 0 aliphatic rings. The lowest BCUT2D eigenvalue weighted by Gasteiger charge is -2.26. The molecule has 4 aromatic rings. The van der Waals surface area contributed by atoms with Crippen LogP contribution < -0.4 is 15.9 Å². The molecule has 0 heterocycles. The smallest absolute Gasteiger partial charge is 0.231 e. The van der Waals surface area contributed by atoms with Crippen LogP contribution in [0.2, 0.25) is 0 Å². The molecule has 0 spiro atoms. The molecule has 0 atom stereocenters.